The van der Waals surface area contributed by atoms with Gasteiger partial charge in [0.1, 0.15) is 18.6 Å². The predicted molar refractivity (Wildman–Crippen MR) is 113 cm³/mol. The van der Waals surface area contributed by atoms with E-state index in [1.54, 1.807) is 12.1 Å². The van der Waals surface area contributed by atoms with Gasteiger partial charge in [0, 0.05) is 25.4 Å². The molecular weight excluding hydrogens is 402 g/mol. The number of hydrogen-bond acceptors (Lipinski definition) is 6. The average Bonchev–Trinajstić information content (AvgIpc) is 3.16. The van der Waals surface area contributed by atoms with E-state index in [2.05, 4.69) is 17.0 Å². The van der Waals surface area contributed by atoms with Crippen molar-refractivity contribution in [2.24, 2.45) is 0 Å². The van der Waals surface area contributed by atoms with Crippen molar-refractivity contribution in [2.75, 3.05) is 6.26 Å². The Kier molecular flexibility index (Phi) is 5.49. The number of rotatable bonds is 6. The molecule has 0 fully saturated rings. The summed E-state index contributed by atoms with van der Waals surface area (Å²) in [5.74, 6) is 0.723. The van der Waals surface area contributed by atoms with Crippen molar-refractivity contribution < 1.29 is 17.6 Å². The minimum Gasteiger partial charge on any atom is -0.482 e. The monoisotopic (exact) mass is 425 g/mol. The molecule has 0 spiro atoms. The summed E-state index contributed by atoms with van der Waals surface area (Å²) >= 11 is 0. The third kappa shape index (κ3) is 4.32. The summed E-state index contributed by atoms with van der Waals surface area (Å²) in [6, 6.07) is 16.1. The smallest absolute Gasteiger partial charge is 0.227 e. The van der Waals surface area contributed by atoms with Gasteiger partial charge in [0.05, 0.1) is 10.9 Å². The lowest BCUT2D eigenvalue weighted by Crippen LogP contribution is -2.22. The third-order valence-corrected chi connectivity index (χ3v) is 6.52. The molecule has 1 aliphatic heterocycles. The molecular formula is C23H23NO5S. The molecule has 0 aliphatic carbocycles. The number of fused-ring (bicyclic) bond motifs is 1. The largest absolute Gasteiger partial charge is 0.482 e. The van der Waals surface area contributed by atoms with E-state index in [1.165, 1.54) is 35.6 Å². The van der Waals surface area contributed by atoms with Crippen LogP contribution in [0, 0.1) is 0 Å². The van der Waals surface area contributed by atoms with Crippen molar-refractivity contribution in [1.29, 1.82) is 0 Å². The van der Waals surface area contributed by atoms with Crippen LogP contribution in [0.1, 0.15) is 35.4 Å². The van der Waals surface area contributed by atoms with E-state index in [0.717, 1.165) is 24.9 Å². The standard InChI is InChI=1S/C23H23NO5S/c1-16(24-12-18-5-3-4-6-19(18)13-24)22-11-21(25)23(15-29-22)28-14-17-7-9-20(10-8-17)30(2,26)27/h3-11,15-16H,12-14H2,1-2H3. The molecule has 1 atom stereocenters. The second kappa shape index (κ2) is 8.08. The van der Waals surface area contributed by atoms with Crippen molar-refractivity contribution in [3.8, 4) is 5.75 Å². The molecule has 2 aromatic carbocycles. The van der Waals surface area contributed by atoms with Gasteiger partial charge in [0.15, 0.2) is 9.84 Å². The van der Waals surface area contributed by atoms with Gasteiger partial charge in [0.25, 0.3) is 0 Å². The zero-order valence-electron chi connectivity index (χ0n) is 16.9. The summed E-state index contributed by atoms with van der Waals surface area (Å²) in [7, 11) is -3.24. The normalized spacial score (nSPS) is 15.0. The lowest BCUT2D eigenvalue weighted by molar-refractivity contribution is 0.185. The van der Waals surface area contributed by atoms with Crippen LogP contribution in [0.5, 0.6) is 5.75 Å². The van der Waals surface area contributed by atoms with Crippen LogP contribution in [-0.2, 0) is 29.5 Å². The highest BCUT2D eigenvalue weighted by atomic mass is 32.2. The fraction of sp³-hybridized carbons (Fsp3) is 0.261. The number of sulfone groups is 1. The molecule has 0 saturated heterocycles. The fourth-order valence-corrected chi connectivity index (χ4v) is 4.18. The molecule has 7 heteroatoms. The summed E-state index contributed by atoms with van der Waals surface area (Å²) in [6.07, 6.45) is 2.51. The van der Waals surface area contributed by atoms with Crippen molar-refractivity contribution in [3.63, 3.8) is 0 Å². The van der Waals surface area contributed by atoms with E-state index in [1.807, 2.05) is 19.1 Å². The van der Waals surface area contributed by atoms with Crippen LogP contribution in [0.4, 0.5) is 0 Å². The van der Waals surface area contributed by atoms with Crippen LogP contribution in [0.2, 0.25) is 0 Å². The quantitative estimate of drug-likeness (QED) is 0.599. The van der Waals surface area contributed by atoms with Gasteiger partial charge in [-0.25, -0.2) is 8.42 Å². The molecule has 30 heavy (non-hydrogen) atoms. The van der Waals surface area contributed by atoms with Crippen LogP contribution >= 0.6 is 0 Å². The topological polar surface area (TPSA) is 76.8 Å². The maximum Gasteiger partial charge on any atom is 0.227 e. The summed E-state index contributed by atoms with van der Waals surface area (Å²) in [6.45, 7) is 3.81. The molecule has 0 saturated carbocycles. The molecule has 1 aliphatic rings. The second-order valence-corrected chi connectivity index (χ2v) is 9.58. The Labute approximate surface area is 175 Å². The lowest BCUT2D eigenvalue weighted by Gasteiger charge is -2.22. The lowest BCUT2D eigenvalue weighted by atomic mass is 10.1. The summed E-state index contributed by atoms with van der Waals surface area (Å²) < 4.78 is 34.4. The van der Waals surface area contributed by atoms with E-state index in [-0.39, 0.29) is 28.7 Å². The van der Waals surface area contributed by atoms with Gasteiger partial charge < -0.3 is 9.15 Å². The molecule has 1 unspecified atom stereocenters. The van der Waals surface area contributed by atoms with Crippen LogP contribution in [0.15, 0.2) is 75.0 Å². The van der Waals surface area contributed by atoms with E-state index in [0.29, 0.717) is 5.76 Å². The zero-order valence-corrected chi connectivity index (χ0v) is 17.7. The van der Waals surface area contributed by atoms with E-state index in [4.69, 9.17) is 9.15 Å². The first kappa shape index (κ1) is 20.4. The van der Waals surface area contributed by atoms with Gasteiger partial charge in [-0.05, 0) is 35.7 Å². The van der Waals surface area contributed by atoms with Crippen LogP contribution in [-0.4, -0.2) is 19.6 Å². The Morgan fingerprint density at radius 2 is 1.70 bits per heavy atom. The molecule has 156 valence electrons. The zero-order chi connectivity index (χ0) is 21.3. The first-order valence-electron chi connectivity index (χ1n) is 9.66. The van der Waals surface area contributed by atoms with Crippen LogP contribution < -0.4 is 10.2 Å². The second-order valence-electron chi connectivity index (χ2n) is 7.57. The van der Waals surface area contributed by atoms with Gasteiger partial charge in [-0.1, -0.05) is 36.4 Å². The average molecular weight is 426 g/mol. The Balaban J connectivity index is 1.42. The summed E-state index contributed by atoms with van der Waals surface area (Å²) in [5, 5.41) is 0. The van der Waals surface area contributed by atoms with Gasteiger partial charge in [-0.15, -0.1) is 0 Å². The molecule has 0 N–H and O–H groups in total. The molecule has 0 radical (unpaired) electrons. The van der Waals surface area contributed by atoms with Gasteiger partial charge >= 0.3 is 0 Å². The first-order chi connectivity index (χ1) is 14.3. The molecule has 6 nitrogen and oxygen atoms in total. The van der Waals surface area contributed by atoms with Crippen molar-refractivity contribution >= 4 is 9.84 Å². The molecule has 4 rings (SSSR count). The van der Waals surface area contributed by atoms with Crippen molar-refractivity contribution in [3.05, 3.63) is 93.5 Å². The van der Waals surface area contributed by atoms with Gasteiger partial charge in [-0.2, -0.15) is 0 Å². The number of hydrogen-bond donors (Lipinski definition) is 0. The highest BCUT2D eigenvalue weighted by molar-refractivity contribution is 7.90. The van der Waals surface area contributed by atoms with E-state index in [9.17, 15) is 13.2 Å². The van der Waals surface area contributed by atoms with E-state index < -0.39 is 9.84 Å². The molecule has 2 heterocycles. The Morgan fingerprint density at radius 3 is 2.27 bits per heavy atom. The highest BCUT2D eigenvalue weighted by Crippen LogP contribution is 2.30. The third-order valence-electron chi connectivity index (χ3n) is 5.39. The summed E-state index contributed by atoms with van der Waals surface area (Å²) in [5.41, 5.74) is 3.11. The van der Waals surface area contributed by atoms with Crippen molar-refractivity contribution in [2.45, 2.75) is 37.6 Å². The first-order valence-corrected chi connectivity index (χ1v) is 11.6. The Hall–Kier alpha value is -2.90. The maximum absolute atomic E-state index is 12.5. The fourth-order valence-electron chi connectivity index (χ4n) is 3.55. The molecule has 0 amide bonds. The minimum absolute atomic E-state index is 0.0392. The van der Waals surface area contributed by atoms with Crippen LogP contribution in [0.3, 0.4) is 0 Å². The number of benzene rings is 2. The highest BCUT2D eigenvalue weighted by Gasteiger charge is 2.25. The predicted octanol–water partition coefficient (Wildman–Crippen LogP) is 3.70. The SMILES string of the molecule is CC(c1cc(=O)c(OCc2ccc(S(C)(=O)=O)cc2)co1)N1Cc2ccccc2C1. The Bertz CT molecular complexity index is 1190. The van der Waals surface area contributed by atoms with Gasteiger partial charge in [0.2, 0.25) is 11.2 Å². The van der Waals surface area contributed by atoms with Crippen LogP contribution in [0.25, 0.3) is 0 Å². The van der Waals surface area contributed by atoms with E-state index >= 15 is 0 Å². The molecule has 3 aromatic rings. The van der Waals surface area contributed by atoms with Crippen molar-refractivity contribution in [1.82, 2.24) is 4.90 Å². The molecule has 0 bridgehead atoms. The molecule has 1 aromatic heterocycles. The summed E-state index contributed by atoms with van der Waals surface area (Å²) in [4.78, 5) is 15.0. The van der Waals surface area contributed by atoms with Gasteiger partial charge in [-0.3, -0.25) is 9.69 Å². The Morgan fingerprint density at radius 1 is 1.07 bits per heavy atom. The number of ether oxygens (including phenoxy) is 1. The maximum atomic E-state index is 12.5. The number of nitrogens with zero attached hydrogens (tertiary/aromatic N) is 1. The minimum atomic E-state index is -3.24.